The highest BCUT2D eigenvalue weighted by Crippen LogP contribution is 2.10. The summed E-state index contributed by atoms with van der Waals surface area (Å²) in [7, 11) is 0. The summed E-state index contributed by atoms with van der Waals surface area (Å²) in [5.41, 5.74) is 14.7. The van der Waals surface area contributed by atoms with Crippen molar-refractivity contribution in [1.82, 2.24) is 20.9 Å². The van der Waals surface area contributed by atoms with Crippen molar-refractivity contribution in [3.05, 3.63) is 65.9 Å². The van der Waals surface area contributed by atoms with Gasteiger partial charge in [-0.25, -0.2) is 4.98 Å². The van der Waals surface area contributed by atoms with Crippen molar-refractivity contribution in [3.8, 4) is 0 Å². The fourth-order valence-electron chi connectivity index (χ4n) is 2.87. The molecule has 0 radical (unpaired) electrons. The molecule has 1 aromatic carbocycles. The number of anilines is 1. The first-order valence-electron chi connectivity index (χ1n) is 9.81. The quantitative estimate of drug-likeness (QED) is 0.372. The van der Waals surface area contributed by atoms with E-state index in [1.807, 2.05) is 36.4 Å². The Morgan fingerprint density at radius 3 is 2.43 bits per heavy atom. The van der Waals surface area contributed by atoms with Gasteiger partial charge in [-0.1, -0.05) is 37.8 Å². The topological polar surface area (TPSA) is 135 Å². The second kappa shape index (κ2) is 11.6. The van der Waals surface area contributed by atoms with E-state index in [1.165, 1.54) is 0 Å². The number of nitrogens with two attached hydrogens (primary N) is 2. The summed E-state index contributed by atoms with van der Waals surface area (Å²) in [5.74, 6) is 0.352. The van der Waals surface area contributed by atoms with Gasteiger partial charge in [0.05, 0.1) is 13.1 Å². The molecule has 8 nitrogen and oxygen atoms in total. The largest absolute Gasteiger partial charge is 0.399 e. The second-order valence-corrected chi connectivity index (χ2v) is 7.30. The Balaban J connectivity index is 1.59. The van der Waals surface area contributed by atoms with Crippen molar-refractivity contribution >= 4 is 23.3 Å². The highest BCUT2D eigenvalue weighted by atomic mass is 16.2. The molecule has 0 aliphatic heterocycles. The van der Waals surface area contributed by atoms with E-state index in [0.29, 0.717) is 30.5 Å². The average molecular weight is 411 g/mol. The second-order valence-electron chi connectivity index (χ2n) is 7.30. The van der Waals surface area contributed by atoms with Crippen LogP contribution in [0.15, 0.2) is 49.2 Å². The number of benzene rings is 1. The standard InChI is InChI=1S/C22H30N6O2/c1-15(9-18-7-8-26-20(24)10-18)11-25-13-21(29)28-14-22(30)27-12-17-3-5-19(6-4-17)16(2)23/h3-8,10,15,25H,2,9,11-14,23H2,1H3,(H2,24,26)(H,27,30)(H,28,29). The predicted octanol–water partition coefficient (Wildman–Crippen LogP) is 0.794. The van der Waals surface area contributed by atoms with Crippen LogP contribution < -0.4 is 27.4 Å². The van der Waals surface area contributed by atoms with Crippen LogP contribution in [-0.4, -0.2) is 36.4 Å². The maximum atomic E-state index is 11.9. The van der Waals surface area contributed by atoms with Crippen LogP contribution in [0.4, 0.5) is 5.82 Å². The maximum Gasteiger partial charge on any atom is 0.239 e. The molecule has 1 aromatic heterocycles. The van der Waals surface area contributed by atoms with E-state index in [1.54, 1.807) is 6.20 Å². The Bertz CT molecular complexity index is 866. The summed E-state index contributed by atoms with van der Waals surface area (Å²) in [4.78, 5) is 27.8. The smallest absolute Gasteiger partial charge is 0.239 e. The third kappa shape index (κ3) is 8.32. The lowest BCUT2D eigenvalue weighted by Crippen LogP contribution is -2.41. The predicted molar refractivity (Wildman–Crippen MR) is 119 cm³/mol. The third-order valence-electron chi connectivity index (χ3n) is 4.47. The molecule has 0 bridgehead atoms. The van der Waals surface area contributed by atoms with Crippen LogP contribution in [0.2, 0.25) is 0 Å². The van der Waals surface area contributed by atoms with Gasteiger partial charge in [-0.3, -0.25) is 9.59 Å². The molecule has 0 saturated carbocycles. The van der Waals surface area contributed by atoms with Gasteiger partial charge < -0.3 is 27.4 Å². The average Bonchev–Trinajstić information content (AvgIpc) is 2.71. The fourth-order valence-corrected chi connectivity index (χ4v) is 2.87. The van der Waals surface area contributed by atoms with E-state index in [0.717, 1.165) is 23.1 Å². The van der Waals surface area contributed by atoms with Crippen LogP contribution in [-0.2, 0) is 22.6 Å². The molecule has 0 spiro atoms. The highest BCUT2D eigenvalue weighted by Gasteiger charge is 2.08. The lowest BCUT2D eigenvalue weighted by Gasteiger charge is -2.13. The van der Waals surface area contributed by atoms with Gasteiger partial charge in [0.1, 0.15) is 5.82 Å². The summed E-state index contributed by atoms with van der Waals surface area (Å²) in [6.45, 7) is 6.90. The highest BCUT2D eigenvalue weighted by molar-refractivity contribution is 5.85. The first kappa shape index (κ1) is 22.9. The summed E-state index contributed by atoms with van der Waals surface area (Å²) in [6, 6.07) is 11.2. The van der Waals surface area contributed by atoms with Gasteiger partial charge in [0, 0.05) is 18.4 Å². The summed E-state index contributed by atoms with van der Waals surface area (Å²) in [6.07, 6.45) is 2.53. The van der Waals surface area contributed by atoms with Gasteiger partial charge in [0.15, 0.2) is 0 Å². The minimum atomic E-state index is -0.251. The number of nitrogen functional groups attached to an aromatic ring is 1. The molecule has 2 aromatic rings. The molecule has 1 atom stereocenters. The zero-order valence-electron chi connectivity index (χ0n) is 17.3. The van der Waals surface area contributed by atoms with Crippen molar-refractivity contribution in [2.45, 2.75) is 19.9 Å². The van der Waals surface area contributed by atoms with Gasteiger partial charge in [0.25, 0.3) is 0 Å². The van der Waals surface area contributed by atoms with E-state index >= 15 is 0 Å². The van der Waals surface area contributed by atoms with Crippen LogP contribution in [0.25, 0.3) is 5.70 Å². The van der Waals surface area contributed by atoms with E-state index in [9.17, 15) is 9.59 Å². The molecular weight excluding hydrogens is 380 g/mol. The van der Waals surface area contributed by atoms with E-state index in [2.05, 4.69) is 34.4 Å². The van der Waals surface area contributed by atoms with Gasteiger partial charge in [-0.15, -0.1) is 0 Å². The molecule has 160 valence electrons. The van der Waals surface area contributed by atoms with Crippen molar-refractivity contribution in [2.24, 2.45) is 11.7 Å². The minimum absolute atomic E-state index is 0.0654. The molecule has 0 saturated heterocycles. The number of rotatable bonds is 11. The number of pyridine rings is 1. The van der Waals surface area contributed by atoms with Crippen LogP contribution in [0.3, 0.4) is 0 Å². The molecule has 1 unspecified atom stereocenters. The zero-order chi connectivity index (χ0) is 21.9. The monoisotopic (exact) mass is 410 g/mol. The van der Waals surface area contributed by atoms with E-state index < -0.39 is 0 Å². The summed E-state index contributed by atoms with van der Waals surface area (Å²) >= 11 is 0. The van der Waals surface area contributed by atoms with Gasteiger partial charge in [-0.2, -0.15) is 0 Å². The zero-order valence-corrected chi connectivity index (χ0v) is 17.3. The van der Waals surface area contributed by atoms with Crippen LogP contribution in [0.1, 0.15) is 23.6 Å². The fraction of sp³-hybridized carbons (Fsp3) is 0.318. The lowest BCUT2D eigenvalue weighted by molar-refractivity contribution is -0.125. The Morgan fingerprint density at radius 1 is 1.07 bits per heavy atom. The number of amides is 2. The number of hydrogen-bond acceptors (Lipinski definition) is 6. The molecule has 7 N–H and O–H groups in total. The third-order valence-corrected chi connectivity index (χ3v) is 4.47. The van der Waals surface area contributed by atoms with Crippen molar-refractivity contribution < 1.29 is 9.59 Å². The van der Waals surface area contributed by atoms with Crippen LogP contribution >= 0.6 is 0 Å². The first-order chi connectivity index (χ1) is 14.3. The molecule has 0 aliphatic rings. The number of nitrogens with zero attached hydrogens (tertiary/aromatic N) is 1. The molecule has 2 amide bonds. The normalized spacial score (nSPS) is 11.5. The number of aromatic nitrogens is 1. The molecule has 1 heterocycles. The molecule has 0 aliphatic carbocycles. The Morgan fingerprint density at radius 2 is 1.77 bits per heavy atom. The molecular formula is C22H30N6O2. The maximum absolute atomic E-state index is 11.9. The Hall–Kier alpha value is -3.39. The molecule has 30 heavy (non-hydrogen) atoms. The SMILES string of the molecule is C=C(N)c1ccc(CNC(=O)CNC(=O)CNCC(C)Cc2ccnc(N)c2)cc1. The number of carbonyl (C=O) groups is 2. The van der Waals surface area contributed by atoms with Crippen LogP contribution in [0.5, 0.6) is 0 Å². The van der Waals surface area contributed by atoms with Crippen molar-refractivity contribution in [1.29, 1.82) is 0 Å². The Labute approximate surface area is 177 Å². The van der Waals surface area contributed by atoms with E-state index in [-0.39, 0.29) is 24.9 Å². The van der Waals surface area contributed by atoms with E-state index in [4.69, 9.17) is 11.5 Å². The van der Waals surface area contributed by atoms with Crippen molar-refractivity contribution in [2.75, 3.05) is 25.4 Å². The summed E-state index contributed by atoms with van der Waals surface area (Å²) in [5, 5.41) is 8.48. The lowest BCUT2D eigenvalue weighted by atomic mass is 10.0. The minimum Gasteiger partial charge on any atom is -0.399 e. The number of hydrogen-bond donors (Lipinski definition) is 5. The summed E-state index contributed by atoms with van der Waals surface area (Å²) < 4.78 is 0. The van der Waals surface area contributed by atoms with Gasteiger partial charge in [-0.05, 0) is 47.7 Å². The molecule has 8 heteroatoms. The molecule has 0 fully saturated rings. The molecule has 2 rings (SSSR count). The Kier molecular flexibility index (Phi) is 8.83. The van der Waals surface area contributed by atoms with Gasteiger partial charge in [0.2, 0.25) is 11.8 Å². The van der Waals surface area contributed by atoms with Crippen LogP contribution in [0, 0.1) is 5.92 Å². The number of carbonyl (C=O) groups excluding carboxylic acids is 2. The first-order valence-corrected chi connectivity index (χ1v) is 9.81. The van der Waals surface area contributed by atoms with Gasteiger partial charge >= 0.3 is 0 Å². The van der Waals surface area contributed by atoms with Crippen molar-refractivity contribution in [3.63, 3.8) is 0 Å². The number of nitrogens with one attached hydrogen (secondary N) is 3.